The molecule has 1 N–H and O–H groups in total. The molecule has 0 aliphatic heterocycles. The molecule has 0 aromatic heterocycles. The van der Waals surface area contributed by atoms with Crippen molar-refractivity contribution in [3.05, 3.63) is 40.1 Å². The molecule has 4 heteroatoms. The summed E-state index contributed by atoms with van der Waals surface area (Å²) in [4.78, 5) is 10.2. The lowest BCUT2D eigenvalue weighted by molar-refractivity contribution is -0.135. The molecule has 0 unspecified atom stereocenters. The fraction of sp³-hybridized carbons (Fsp3) is 0.100. The van der Waals surface area contributed by atoms with E-state index < -0.39 is 5.97 Å². The molecule has 0 fully saturated rings. The van der Waals surface area contributed by atoms with Gasteiger partial charge in [0.05, 0.1) is 6.42 Å². The van der Waals surface area contributed by atoms with Crippen molar-refractivity contribution in [2.45, 2.75) is 6.42 Å². The third kappa shape index (κ3) is 3.70. The fourth-order valence-corrected chi connectivity index (χ4v) is 1.45. The van der Waals surface area contributed by atoms with Crippen molar-refractivity contribution in [1.29, 1.82) is 0 Å². The van der Waals surface area contributed by atoms with Crippen LogP contribution in [0, 0.1) is 5.82 Å². The third-order valence-electron chi connectivity index (χ3n) is 1.49. The van der Waals surface area contributed by atoms with E-state index in [2.05, 4.69) is 15.9 Å². The highest BCUT2D eigenvalue weighted by Crippen LogP contribution is 2.15. The van der Waals surface area contributed by atoms with Crippen LogP contribution in [-0.4, -0.2) is 11.1 Å². The molecule has 0 radical (unpaired) electrons. The molecule has 14 heavy (non-hydrogen) atoms. The molecule has 1 rings (SSSR count). The van der Waals surface area contributed by atoms with E-state index in [1.165, 1.54) is 18.2 Å². The van der Waals surface area contributed by atoms with Gasteiger partial charge in [-0.25, -0.2) is 4.39 Å². The first-order valence-electron chi connectivity index (χ1n) is 3.92. The van der Waals surface area contributed by atoms with Crippen LogP contribution < -0.4 is 0 Å². The summed E-state index contributed by atoms with van der Waals surface area (Å²) in [7, 11) is 0. The third-order valence-corrected chi connectivity index (χ3v) is 1.95. The van der Waals surface area contributed by atoms with Gasteiger partial charge in [0.2, 0.25) is 0 Å². The normalized spacial score (nSPS) is 10.7. The quantitative estimate of drug-likeness (QED) is 0.905. The molecular formula is C10H8BrFO2. The SMILES string of the molecule is O=C(O)CC=Cc1cc(F)cc(Br)c1. The lowest BCUT2D eigenvalue weighted by Crippen LogP contribution is -1.89. The monoisotopic (exact) mass is 258 g/mol. The summed E-state index contributed by atoms with van der Waals surface area (Å²) in [5.41, 5.74) is 0.637. The Morgan fingerprint density at radius 3 is 2.79 bits per heavy atom. The lowest BCUT2D eigenvalue weighted by atomic mass is 10.2. The van der Waals surface area contributed by atoms with Gasteiger partial charge in [-0.3, -0.25) is 4.79 Å². The van der Waals surface area contributed by atoms with Crippen LogP contribution in [0.3, 0.4) is 0 Å². The van der Waals surface area contributed by atoms with E-state index in [1.807, 2.05) is 0 Å². The van der Waals surface area contributed by atoms with E-state index in [1.54, 1.807) is 12.1 Å². The maximum atomic E-state index is 12.8. The molecule has 2 nitrogen and oxygen atoms in total. The highest BCUT2D eigenvalue weighted by molar-refractivity contribution is 9.10. The van der Waals surface area contributed by atoms with Crippen molar-refractivity contribution >= 4 is 28.0 Å². The molecule has 0 aliphatic rings. The predicted molar refractivity (Wildman–Crippen MR) is 55.4 cm³/mol. The molecule has 0 bridgehead atoms. The van der Waals surface area contributed by atoms with Crippen LogP contribution in [0.5, 0.6) is 0 Å². The minimum Gasteiger partial charge on any atom is -0.481 e. The highest BCUT2D eigenvalue weighted by atomic mass is 79.9. The van der Waals surface area contributed by atoms with Crippen molar-refractivity contribution in [3.8, 4) is 0 Å². The van der Waals surface area contributed by atoms with E-state index in [4.69, 9.17) is 5.11 Å². The van der Waals surface area contributed by atoms with Gasteiger partial charge in [-0.2, -0.15) is 0 Å². The van der Waals surface area contributed by atoms with Gasteiger partial charge >= 0.3 is 5.97 Å². The second-order valence-corrected chi connectivity index (χ2v) is 3.62. The Morgan fingerprint density at radius 2 is 2.21 bits per heavy atom. The first-order chi connectivity index (χ1) is 6.58. The molecule has 1 aromatic rings. The Kier molecular flexibility index (Phi) is 3.83. The smallest absolute Gasteiger partial charge is 0.307 e. The number of benzene rings is 1. The number of carbonyl (C=O) groups is 1. The molecule has 0 amide bonds. The summed E-state index contributed by atoms with van der Waals surface area (Å²) < 4.78 is 13.5. The Balaban J connectivity index is 2.76. The van der Waals surface area contributed by atoms with Gasteiger partial charge in [0.15, 0.2) is 0 Å². The van der Waals surface area contributed by atoms with Crippen LogP contribution in [0.15, 0.2) is 28.7 Å². The number of halogens is 2. The van der Waals surface area contributed by atoms with E-state index in [0.717, 1.165) is 0 Å². The molecule has 0 heterocycles. The summed E-state index contributed by atoms with van der Waals surface area (Å²) in [5.74, 6) is -1.26. The summed E-state index contributed by atoms with van der Waals surface area (Å²) in [6.07, 6.45) is 2.99. The number of aliphatic carboxylic acids is 1. The molecule has 74 valence electrons. The van der Waals surface area contributed by atoms with Crippen molar-refractivity contribution in [3.63, 3.8) is 0 Å². The Bertz CT molecular complexity index is 354. The average Bonchev–Trinajstić information content (AvgIpc) is 2.01. The van der Waals surface area contributed by atoms with Crippen molar-refractivity contribution < 1.29 is 14.3 Å². The zero-order valence-electron chi connectivity index (χ0n) is 7.21. The molecule has 0 atom stereocenters. The first-order valence-corrected chi connectivity index (χ1v) is 4.71. The molecule has 0 aliphatic carbocycles. The Labute approximate surface area is 89.2 Å². The zero-order valence-corrected chi connectivity index (χ0v) is 8.79. The minimum atomic E-state index is -0.906. The van der Waals surface area contributed by atoms with Crippen molar-refractivity contribution in [1.82, 2.24) is 0 Å². The van der Waals surface area contributed by atoms with Gasteiger partial charge in [-0.05, 0) is 23.8 Å². The largest absolute Gasteiger partial charge is 0.481 e. The Morgan fingerprint density at radius 1 is 1.50 bits per heavy atom. The van der Waals surface area contributed by atoms with Crippen LogP contribution in [-0.2, 0) is 4.79 Å². The maximum Gasteiger partial charge on any atom is 0.307 e. The number of carboxylic acids is 1. The molecule has 1 aromatic carbocycles. The minimum absolute atomic E-state index is 0.0614. The molecule has 0 saturated heterocycles. The number of hydrogen-bond acceptors (Lipinski definition) is 1. The molecule has 0 spiro atoms. The predicted octanol–water partition coefficient (Wildman–Crippen LogP) is 3.08. The summed E-state index contributed by atoms with van der Waals surface area (Å²) in [6, 6.07) is 4.39. The standard InChI is InChI=1S/C10H8BrFO2/c11-8-4-7(5-9(12)6-8)2-1-3-10(13)14/h1-2,4-6H,3H2,(H,13,14). The van der Waals surface area contributed by atoms with Crippen LogP contribution in [0.1, 0.15) is 12.0 Å². The second-order valence-electron chi connectivity index (χ2n) is 2.70. The first kappa shape index (κ1) is 10.9. The molecule has 0 saturated carbocycles. The number of carboxylic acid groups (broad SMARTS) is 1. The van der Waals surface area contributed by atoms with Crippen LogP contribution in [0.4, 0.5) is 4.39 Å². The highest BCUT2D eigenvalue weighted by Gasteiger charge is 1.96. The van der Waals surface area contributed by atoms with Gasteiger partial charge in [0.1, 0.15) is 5.82 Å². The van der Waals surface area contributed by atoms with E-state index in [-0.39, 0.29) is 12.2 Å². The summed E-state index contributed by atoms with van der Waals surface area (Å²) >= 11 is 3.14. The van der Waals surface area contributed by atoms with Crippen LogP contribution >= 0.6 is 15.9 Å². The molecular weight excluding hydrogens is 251 g/mol. The average molecular weight is 259 g/mol. The van der Waals surface area contributed by atoms with Crippen LogP contribution in [0.25, 0.3) is 6.08 Å². The zero-order chi connectivity index (χ0) is 10.6. The summed E-state index contributed by atoms with van der Waals surface area (Å²) in [5, 5.41) is 8.37. The van der Waals surface area contributed by atoms with Gasteiger partial charge in [-0.1, -0.05) is 28.1 Å². The second kappa shape index (κ2) is 4.91. The van der Waals surface area contributed by atoms with E-state index in [9.17, 15) is 9.18 Å². The number of hydrogen-bond donors (Lipinski definition) is 1. The maximum absolute atomic E-state index is 12.8. The van der Waals surface area contributed by atoms with Crippen LogP contribution in [0.2, 0.25) is 0 Å². The van der Waals surface area contributed by atoms with Gasteiger partial charge in [-0.15, -0.1) is 0 Å². The van der Waals surface area contributed by atoms with Gasteiger partial charge in [0, 0.05) is 4.47 Å². The number of rotatable bonds is 3. The van der Waals surface area contributed by atoms with Gasteiger partial charge < -0.3 is 5.11 Å². The summed E-state index contributed by atoms with van der Waals surface area (Å²) in [6.45, 7) is 0. The van der Waals surface area contributed by atoms with Gasteiger partial charge in [0.25, 0.3) is 0 Å². The topological polar surface area (TPSA) is 37.3 Å². The van der Waals surface area contributed by atoms with E-state index in [0.29, 0.717) is 10.0 Å². The Hall–Kier alpha value is -1.16. The van der Waals surface area contributed by atoms with E-state index >= 15 is 0 Å². The van der Waals surface area contributed by atoms with Crippen molar-refractivity contribution in [2.24, 2.45) is 0 Å². The van der Waals surface area contributed by atoms with Crippen molar-refractivity contribution in [2.75, 3.05) is 0 Å². The fourth-order valence-electron chi connectivity index (χ4n) is 0.967. The lowest BCUT2D eigenvalue weighted by Gasteiger charge is -1.95.